The van der Waals surface area contributed by atoms with Crippen LogP contribution in [0.1, 0.15) is 26.5 Å². The van der Waals surface area contributed by atoms with Gasteiger partial charge in [0.25, 0.3) is 5.91 Å². The van der Waals surface area contributed by atoms with Crippen molar-refractivity contribution in [2.24, 2.45) is 0 Å². The largest absolute Gasteiger partial charge is 0.478 e. The van der Waals surface area contributed by atoms with E-state index in [4.69, 9.17) is 13.9 Å². The molecule has 32 heavy (non-hydrogen) atoms. The first-order valence-corrected chi connectivity index (χ1v) is 9.50. The van der Waals surface area contributed by atoms with Crippen LogP contribution in [0.4, 0.5) is 0 Å². The van der Waals surface area contributed by atoms with Gasteiger partial charge in [0.2, 0.25) is 12.2 Å². The topological polar surface area (TPSA) is 132 Å². The standard InChI is InChI=1S/C23H19NO8/c25-20(24-14-17-12-7-13-30-17)18(31-22(28)15-8-3-1-4-9-15)19(21(26)27)32-23(29)16-10-5-2-6-11-16/h1-13,18-19H,14H2,(H,24,25)(H,26,27)/t18-,19-/m1/s1. The molecule has 0 saturated heterocycles. The molecule has 0 spiro atoms. The number of carbonyl (C=O) groups is 4. The van der Waals surface area contributed by atoms with Crippen LogP contribution >= 0.6 is 0 Å². The molecule has 0 bridgehead atoms. The summed E-state index contributed by atoms with van der Waals surface area (Å²) in [6.07, 6.45) is -2.65. The zero-order chi connectivity index (χ0) is 22.9. The molecule has 0 aliphatic carbocycles. The summed E-state index contributed by atoms with van der Waals surface area (Å²) in [7, 11) is 0. The van der Waals surface area contributed by atoms with E-state index in [0.29, 0.717) is 5.76 Å². The maximum atomic E-state index is 12.8. The number of aliphatic carboxylic acids is 1. The summed E-state index contributed by atoms with van der Waals surface area (Å²) in [4.78, 5) is 49.6. The Kier molecular flexibility index (Phi) is 7.37. The zero-order valence-corrected chi connectivity index (χ0v) is 16.7. The molecule has 0 aliphatic heterocycles. The molecule has 9 heteroatoms. The minimum atomic E-state index is -2.09. The van der Waals surface area contributed by atoms with E-state index >= 15 is 0 Å². The summed E-state index contributed by atoms with van der Waals surface area (Å²) < 4.78 is 15.4. The molecule has 164 valence electrons. The van der Waals surface area contributed by atoms with E-state index < -0.39 is 36.0 Å². The van der Waals surface area contributed by atoms with Crippen LogP contribution in [0.25, 0.3) is 0 Å². The number of carboxylic acid groups (broad SMARTS) is 1. The lowest BCUT2D eigenvalue weighted by molar-refractivity contribution is -0.159. The Bertz CT molecular complexity index is 1060. The molecule has 2 N–H and O–H groups in total. The molecular weight excluding hydrogens is 418 g/mol. The smallest absolute Gasteiger partial charge is 0.349 e. The zero-order valence-electron chi connectivity index (χ0n) is 16.7. The molecule has 1 aromatic heterocycles. The maximum Gasteiger partial charge on any atom is 0.349 e. The van der Waals surface area contributed by atoms with Gasteiger partial charge in [-0.15, -0.1) is 0 Å². The van der Waals surface area contributed by atoms with Crippen molar-refractivity contribution in [2.75, 3.05) is 0 Å². The molecule has 0 radical (unpaired) electrons. The average molecular weight is 437 g/mol. The van der Waals surface area contributed by atoms with Gasteiger partial charge in [-0.3, -0.25) is 4.79 Å². The molecule has 3 rings (SSSR count). The van der Waals surface area contributed by atoms with Crippen molar-refractivity contribution in [3.8, 4) is 0 Å². The van der Waals surface area contributed by atoms with Gasteiger partial charge in [0.15, 0.2) is 0 Å². The van der Waals surface area contributed by atoms with Crippen molar-refractivity contribution in [1.29, 1.82) is 0 Å². The maximum absolute atomic E-state index is 12.8. The van der Waals surface area contributed by atoms with Crippen LogP contribution in [0.3, 0.4) is 0 Å². The van der Waals surface area contributed by atoms with Crippen LogP contribution in [0.5, 0.6) is 0 Å². The van der Waals surface area contributed by atoms with Crippen molar-refractivity contribution in [2.45, 2.75) is 18.8 Å². The molecule has 1 amide bonds. The van der Waals surface area contributed by atoms with Crippen LogP contribution in [0.2, 0.25) is 0 Å². The fraction of sp³-hybridized carbons (Fsp3) is 0.130. The average Bonchev–Trinajstić information content (AvgIpc) is 3.34. The van der Waals surface area contributed by atoms with E-state index in [1.807, 2.05) is 0 Å². The van der Waals surface area contributed by atoms with E-state index in [1.165, 1.54) is 30.5 Å². The summed E-state index contributed by atoms with van der Waals surface area (Å²) in [5.41, 5.74) is 0.165. The minimum Gasteiger partial charge on any atom is -0.478 e. The van der Waals surface area contributed by atoms with E-state index in [-0.39, 0.29) is 17.7 Å². The number of nitrogens with one attached hydrogen (secondary N) is 1. The summed E-state index contributed by atoms with van der Waals surface area (Å²) >= 11 is 0. The van der Waals surface area contributed by atoms with Gasteiger partial charge < -0.3 is 24.3 Å². The lowest BCUT2D eigenvalue weighted by atomic mass is 10.1. The lowest BCUT2D eigenvalue weighted by Crippen LogP contribution is -2.50. The molecule has 1 heterocycles. The quantitative estimate of drug-likeness (QED) is 0.488. The van der Waals surface area contributed by atoms with E-state index in [2.05, 4.69) is 5.32 Å². The van der Waals surface area contributed by atoms with Gasteiger partial charge in [-0.1, -0.05) is 36.4 Å². The number of hydrogen-bond acceptors (Lipinski definition) is 7. The highest BCUT2D eigenvalue weighted by molar-refractivity contribution is 5.96. The van der Waals surface area contributed by atoms with Gasteiger partial charge in [0, 0.05) is 0 Å². The van der Waals surface area contributed by atoms with Gasteiger partial charge in [0.05, 0.1) is 23.9 Å². The lowest BCUT2D eigenvalue weighted by Gasteiger charge is -2.23. The van der Waals surface area contributed by atoms with Crippen molar-refractivity contribution in [3.05, 3.63) is 95.9 Å². The Morgan fingerprint density at radius 1 is 0.781 bits per heavy atom. The number of rotatable bonds is 9. The molecule has 2 atom stereocenters. The second-order valence-corrected chi connectivity index (χ2v) is 6.52. The normalized spacial score (nSPS) is 12.2. The van der Waals surface area contributed by atoms with Gasteiger partial charge in [-0.2, -0.15) is 0 Å². The molecule has 0 saturated carbocycles. The number of ether oxygens (including phenoxy) is 2. The third-order valence-corrected chi connectivity index (χ3v) is 4.28. The van der Waals surface area contributed by atoms with Gasteiger partial charge in [-0.25, -0.2) is 14.4 Å². The van der Waals surface area contributed by atoms with Crippen LogP contribution in [-0.2, 0) is 25.6 Å². The molecule has 9 nitrogen and oxygen atoms in total. The molecule has 0 fully saturated rings. The Hall–Kier alpha value is -4.40. The predicted octanol–water partition coefficient (Wildman–Crippen LogP) is 2.43. The van der Waals surface area contributed by atoms with Crippen molar-refractivity contribution in [3.63, 3.8) is 0 Å². The van der Waals surface area contributed by atoms with Crippen LogP contribution in [0.15, 0.2) is 83.5 Å². The number of carboxylic acids is 1. The first-order valence-electron chi connectivity index (χ1n) is 9.50. The SMILES string of the molecule is O=C(O[C@@H](C(=O)O)[C@@H](OC(=O)c1ccccc1)C(=O)NCc1ccco1)c1ccccc1. The van der Waals surface area contributed by atoms with E-state index in [1.54, 1.807) is 48.5 Å². The molecule has 3 aromatic rings. The van der Waals surface area contributed by atoms with Crippen LogP contribution in [-0.4, -0.2) is 41.1 Å². The van der Waals surface area contributed by atoms with Crippen molar-refractivity contribution in [1.82, 2.24) is 5.32 Å². The van der Waals surface area contributed by atoms with Crippen molar-refractivity contribution < 1.29 is 38.2 Å². The Labute approximate surface area is 182 Å². The summed E-state index contributed by atoms with van der Waals surface area (Å²) in [6.45, 7) is -0.0931. The number of benzene rings is 2. The molecular formula is C23H19NO8. The molecule has 0 aliphatic rings. The highest BCUT2D eigenvalue weighted by Gasteiger charge is 2.40. The number of amides is 1. The number of furan rings is 1. The van der Waals surface area contributed by atoms with Crippen molar-refractivity contribution >= 4 is 23.8 Å². The van der Waals surface area contributed by atoms with Gasteiger partial charge in [-0.05, 0) is 36.4 Å². The Morgan fingerprint density at radius 3 is 1.78 bits per heavy atom. The highest BCUT2D eigenvalue weighted by atomic mass is 16.6. The summed E-state index contributed by atoms with van der Waals surface area (Å²) in [6, 6.07) is 18.5. The van der Waals surface area contributed by atoms with Gasteiger partial charge in [0.1, 0.15) is 5.76 Å². The first-order chi connectivity index (χ1) is 15.5. The van der Waals surface area contributed by atoms with E-state index in [9.17, 15) is 24.3 Å². The predicted molar refractivity (Wildman–Crippen MR) is 109 cm³/mol. The Morgan fingerprint density at radius 2 is 1.31 bits per heavy atom. The summed E-state index contributed by atoms with van der Waals surface area (Å²) in [5, 5.41) is 12.1. The molecule has 2 aromatic carbocycles. The van der Waals surface area contributed by atoms with E-state index in [0.717, 1.165) is 0 Å². The number of hydrogen-bond donors (Lipinski definition) is 2. The summed E-state index contributed by atoms with van der Waals surface area (Å²) in [5.74, 6) is -4.18. The molecule has 0 unspecified atom stereocenters. The highest BCUT2D eigenvalue weighted by Crippen LogP contribution is 2.14. The fourth-order valence-corrected chi connectivity index (χ4v) is 2.70. The number of esters is 2. The first kappa shape index (κ1) is 22.3. The second kappa shape index (κ2) is 10.6. The van der Waals surface area contributed by atoms with Gasteiger partial charge >= 0.3 is 17.9 Å². The minimum absolute atomic E-state index is 0.0721. The van der Waals surface area contributed by atoms with Crippen LogP contribution < -0.4 is 5.32 Å². The second-order valence-electron chi connectivity index (χ2n) is 6.52. The van der Waals surface area contributed by atoms with Crippen LogP contribution in [0, 0.1) is 0 Å². The fourth-order valence-electron chi connectivity index (χ4n) is 2.70. The number of carbonyl (C=O) groups excluding carboxylic acids is 3. The third-order valence-electron chi connectivity index (χ3n) is 4.28. The monoisotopic (exact) mass is 437 g/mol. The third kappa shape index (κ3) is 5.82. The Balaban J connectivity index is 1.83.